The maximum absolute atomic E-state index is 6.75. The van der Waals surface area contributed by atoms with Crippen LogP contribution in [0.5, 0.6) is 0 Å². The van der Waals surface area contributed by atoms with Crippen LogP contribution in [0.3, 0.4) is 0 Å². The Balaban J connectivity index is 6.37. The van der Waals surface area contributed by atoms with E-state index in [1.165, 1.54) is 0 Å². The van der Waals surface area contributed by atoms with Crippen LogP contribution in [-0.2, 0) is 0 Å². The van der Waals surface area contributed by atoms with E-state index in [0.717, 1.165) is 0 Å². The molecule has 0 fully saturated rings. The molecule has 7 heteroatoms. The van der Waals surface area contributed by atoms with Crippen molar-refractivity contribution in [1.82, 2.24) is 0 Å². The van der Waals surface area contributed by atoms with Crippen molar-refractivity contribution in [3.05, 3.63) is 0 Å². The first kappa shape index (κ1) is 19.2. The van der Waals surface area contributed by atoms with Crippen LogP contribution >= 0.6 is 28.9 Å². The van der Waals surface area contributed by atoms with Gasteiger partial charge in [0.2, 0.25) is 0 Å². The molecular weight excluding hydrogens is 380 g/mol. The number of hydrogen-bond acceptors (Lipinski definition) is 0. The van der Waals surface area contributed by atoms with Gasteiger partial charge in [-0.2, -0.15) is 0 Å². The molecule has 0 saturated heterocycles. The molecule has 17 heavy (non-hydrogen) atoms. The molecule has 0 bridgehead atoms. The SMILES string of the molecule is C[Si](C)(C)[C]([Si](C)(C)C)([Si](C)(C)C)[Ga-]([Cl])([Cl])[Cl]. The minimum absolute atomic E-state index is 0.166. The average Bonchev–Trinajstić information content (AvgIpc) is 1.67. The van der Waals surface area contributed by atoms with Crippen LogP contribution in [-0.4, -0.2) is 36.2 Å². The van der Waals surface area contributed by atoms with Crippen LogP contribution < -0.4 is 0 Å². The van der Waals surface area contributed by atoms with Gasteiger partial charge in [0.1, 0.15) is 0 Å². The molecule has 0 radical (unpaired) electrons. The Bertz CT molecular complexity index is 220. The fourth-order valence-electron chi connectivity index (χ4n) is 4.85. The van der Waals surface area contributed by atoms with Crippen molar-refractivity contribution >= 4 is 65.2 Å². The van der Waals surface area contributed by atoms with E-state index in [0.29, 0.717) is 0 Å². The summed E-state index contributed by atoms with van der Waals surface area (Å²) in [6.07, 6.45) is 0. The Morgan fingerprint density at radius 1 is 0.588 bits per heavy atom. The van der Waals surface area contributed by atoms with Crippen LogP contribution in [0, 0.1) is 0 Å². The fourth-order valence-corrected chi connectivity index (χ4v) is 99.3. The van der Waals surface area contributed by atoms with Crippen molar-refractivity contribution in [2.45, 2.75) is 61.8 Å². The monoisotopic (exact) mass is 405 g/mol. The molecule has 0 saturated carbocycles. The first-order valence-corrected chi connectivity index (χ1v) is 27.5. The quantitative estimate of drug-likeness (QED) is 0.500. The summed E-state index contributed by atoms with van der Waals surface area (Å²) >= 11 is -3.49. The van der Waals surface area contributed by atoms with Crippen molar-refractivity contribution < 1.29 is 0 Å². The van der Waals surface area contributed by atoms with E-state index in [2.05, 4.69) is 58.9 Å². The second-order valence-corrected chi connectivity index (χ2v) is 47.0. The second-order valence-electron chi connectivity index (χ2n) is 8.13. The molecule has 0 amide bonds. The zero-order chi connectivity index (χ0) is 14.5. The summed E-state index contributed by atoms with van der Waals surface area (Å²) in [5.74, 6) is 0. The van der Waals surface area contributed by atoms with Crippen LogP contribution in [0.25, 0.3) is 0 Å². The number of halogens is 3. The van der Waals surface area contributed by atoms with Gasteiger partial charge in [-0.05, 0) is 0 Å². The summed E-state index contributed by atoms with van der Waals surface area (Å²) in [5.41, 5.74) is 0. The molecule has 104 valence electrons. The van der Waals surface area contributed by atoms with Crippen LogP contribution in [0.4, 0.5) is 0 Å². The van der Waals surface area contributed by atoms with E-state index in [-0.39, 0.29) is 2.84 Å². The molecule has 0 spiro atoms. The summed E-state index contributed by atoms with van der Waals surface area (Å²) < 4.78 is 0.166. The Morgan fingerprint density at radius 2 is 0.765 bits per heavy atom. The number of hydrogen-bond donors (Lipinski definition) is 0. The van der Waals surface area contributed by atoms with Gasteiger partial charge in [0.25, 0.3) is 0 Å². The first-order chi connectivity index (χ1) is 7.00. The van der Waals surface area contributed by atoms with Crippen molar-refractivity contribution in [1.29, 1.82) is 0 Å². The van der Waals surface area contributed by atoms with E-state index in [1.54, 1.807) is 0 Å². The van der Waals surface area contributed by atoms with Crippen LogP contribution in [0.1, 0.15) is 0 Å². The molecule has 0 aromatic heterocycles. The number of rotatable bonds is 4. The topological polar surface area (TPSA) is 0 Å². The predicted octanol–water partition coefficient (Wildman–Crippen LogP) is 6.01. The molecule has 0 aromatic carbocycles. The average molecular weight is 408 g/mol. The van der Waals surface area contributed by atoms with E-state index >= 15 is 0 Å². The summed E-state index contributed by atoms with van der Waals surface area (Å²) in [7, 11) is 15.7. The first-order valence-electron chi connectivity index (χ1n) is 6.19. The Hall–Kier alpha value is 2.16. The fraction of sp³-hybridized carbons (Fsp3) is 1.00. The van der Waals surface area contributed by atoms with Gasteiger partial charge in [0.15, 0.2) is 0 Å². The Labute approximate surface area is 126 Å². The summed E-state index contributed by atoms with van der Waals surface area (Å²) in [6.45, 7) is 21.8. The van der Waals surface area contributed by atoms with Gasteiger partial charge in [-0.15, -0.1) is 0 Å². The van der Waals surface area contributed by atoms with Crippen LogP contribution in [0.15, 0.2) is 0 Å². The molecule has 0 aliphatic rings. The molecule has 0 aliphatic carbocycles. The van der Waals surface area contributed by atoms with E-state index < -0.39 is 36.2 Å². The summed E-state index contributed by atoms with van der Waals surface area (Å²) in [6, 6.07) is 0. The molecule has 0 nitrogen and oxygen atoms in total. The molecule has 0 heterocycles. The zero-order valence-corrected chi connectivity index (χ0v) is 20.4. The van der Waals surface area contributed by atoms with Gasteiger partial charge in [-0.1, -0.05) is 0 Å². The van der Waals surface area contributed by atoms with E-state index in [1.807, 2.05) is 0 Å². The third kappa shape index (κ3) is 3.26. The van der Waals surface area contributed by atoms with Gasteiger partial charge >= 0.3 is 127 Å². The van der Waals surface area contributed by atoms with E-state index in [9.17, 15) is 0 Å². The molecule has 0 aliphatic heterocycles. The maximum atomic E-state index is 6.75. The van der Waals surface area contributed by atoms with E-state index in [4.69, 9.17) is 28.9 Å². The van der Waals surface area contributed by atoms with Gasteiger partial charge in [0, 0.05) is 0 Å². The van der Waals surface area contributed by atoms with Gasteiger partial charge in [-0.25, -0.2) is 0 Å². The normalized spacial score (nSPS) is 16.2. The van der Waals surface area contributed by atoms with Crippen molar-refractivity contribution in [2.24, 2.45) is 0 Å². The van der Waals surface area contributed by atoms with Crippen LogP contribution in [0.2, 0.25) is 61.8 Å². The molecule has 0 aromatic rings. The standard InChI is InChI=1S/C10H27Si3.3ClH.Ga/c1-11(2,3)10(12(4,5)6)13(7,8)9;;;;/h1-9H3;3*1H;/q;;;;+2/p-3. The zero-order valence-electron chi connectivity index (χ0n) is 12.7. The predicted molar refractivity (Wildman–Crippen MR) is 96.0 cm³/mol. The second kappa shape index (κ2) is 5.17. The van der Waals surface area contributed by atoms with Crippen molar-refractivity contribution in [2.75, 3.05) is 0 Å². The summed E-state index contributed by atoms with van der Waals surface area (Å²) in [5, 5.41) is 0. The van der Waals surface area contributed by atoms with Gasteiger partial charge in [0.05, 0.1) is 0 Å². The Kier molecular flexibility index (Phi) is 5.82. The molecule has 0 unspecified atom stereocenters. The molecular formula is C10H27Cl3GaSi3-. The van der Waals surface area contributed by atoms with Gasteiger partial charge < -0.3 is 0 Å². The minimum atomic E-state index is -3.49. The third-order valence-corrected chi connectivity index (χ3v) is 63.5. The van der Waals surface area contributed by atoms with Crippen molar-refractivity contribution in [3.63, 3.8) is 0 Å². The van der Waals surface area contributed by atoms with Gasteiger partial charge in [-0.3, -0.25) is 0 Å². The molecule has 0 atom stereocenters. The van der Waals surface area contributed by atoms with Crippen molar-refractivity contribution in [3.8, 4) is 0 Å². The summed E-state index contributed by atoms with van der Waals surface area (Å²) in [4.78, 5) is 0. The third-order valence-electron chi connectivity index (χ3n) is 4.04. The Morgan fingerprint density at radius 3 is 0.765 bits per heavy atom. The molecule has 0 rings (SSSR count). The molecule has 0 N–H and O–H groups in total.